The largest absolute Gasteiger partial charge is 0.465 e. The zero-order chi connectivity index (χ0) is 19.6. The Morgan fingerprint density at radius 2 is 2.04 bits per heavy atom. The number of amides is 1. The molecule has 6 nitrogen and oxygen atoms in total. The standard InChI is InChI=1S/C18H15ClN4O2S3/c19-15-8-2-1-5-13(15)11-26-17-22-23-18(28-17)27-12-16(24)21-20-9-3-6-14-7-4-10-25-14/h1-10H,11-12H2,(H,21,24)/b6-3+,20-9+. The maximum absolute atomic E-state index is 11.8. The van der Waals surface area contributed by atoms with Crippen LogP contribution in [0.5, 0.6) is 0 Å². The van der Waals surface area contributed by atoms with E-state index in [0.29, 0.717) is 5.76 Å². The lowest BCUT2D eigenvalue weighted by Crippen LogP contribution is -2.19. The summed E-state index contributed by atoms with van der Waals surface area (Å²) in [5.41, 5.74) is 3.51. The summed E-state index contributed by atoms with van der Waals surface area (Å²) >= 11 is 10.5. The molecular formula is C18H15ClN4O2S3. The van der Waals surface area contributed by atoms with Gasteiger partial charge in [0.2, 0.25) is 0 Å². The molecule has 0 atom stereocenters. The summed E-state index contributed by atoms with van der Waals surface area (Å²) in [7, 11) is 0. The molecule has 3 rings (SSSR count). The van der Waals surface area contributed by atoms with Crippen molar-refractivity contribution < 1.29 is 9.21 Å². The molecular weight excluding hydrogens is 436 g/mol. The predicted molar refractivity (Wildman–Crippen MR) is 116 cm³/mol. The third kappa shape index (κ3) is 6.83. The van der Waals surface area contributed by atoms with Crippen LogP contribution in [0.15, 0.2) is 66.9 Å². The summed E-state index contributed by atoms with van der Waals surface area (Å²) in [4.78, 5) is 11.8. The van der Waals surface area contributed by atoms with E-state index < -0.39 is 0 Å². The highest BCUT2D eigenvalue weighted by Crippen LogP contribution is 2.32. The quantitative estimate of drug-likeness (QED) is 0.281. The summed E-state index contributed by atoms with van der Waals surface area (Å²) in [5, 5.41) is 12.8. The molecule has 0 aliphatic rings. The molecule has 0 aliphatic heterocycles. The number of nitrogens with zero attached hydrogens (tertiary/aromatic N) is 3. The van der Waals surface area contributed by atoms with E-state index in [2.05, 4.69) is 20.7 Å². The molecule has 0 radical (unpaired) electrons. The Balaban J connectivity index is 1.37. The second-order valence-corrected chi connectivity index (χ2v) is 9.02. The SMILES string of the molecule is O=C(CSc1nnc(SCc2ccccc2Cl)s1)N/N=C/C=C/c1ccco1. The van der Waals surface area contributed by atoms with Gasteiger partial charge in [0, 0.05) is 17.0 Å². The first-order valence-electron chi connectivity index (χ1n) is 8.05. The van der Waals surface area contributed by atoms with Gasteiger partial charge in [-0.05, 0) is 35.9 Å². The second-order valence-electron chi connectivity index (χ2n) is 5.19. The molecule has 28 heavy (non-hydrogen) atoms. The molecule has 1 amide bonds. The molecule has 3 aromatic rings. The van der Waals surface area contributed by atoms with Crippen LogP contribution >= 0.6 is 46.5 Å². The zero-order valence-electron chi connectivity index (χ0n) is 14.4. The van der Waals surface area contributed by atoms with E-state index in [-0.39, 0.29) is 11.7 Å². The van der Waals surface area contributed by atoms with Crippen LogP contribution in [-0.2, 0) is 10.5 Å². The van der Waals surface area contributed by atoms with E-state index >= 15 is 0 Å². The first kappa shape index (κ1) is 20.7. The van der Waals surface area contributed by atoms with E-state index in [4.69, 9.17) is 16.0 Å². The van der Waals surface area contributed by atoms with E-state index in [9.17, 15) is 4.79 Å². The van der Waals surface area contributed by atoms with Gasteiger partial charge in [0.05, 0.1) is 12.0 Å². The fraction of sp³-hybridized carbons (Fsp3) is 0.111. The number of nitrogens with one attached hydrogen (secondary N) is 1. The topological polar surface area (TPSA) is 80.4 Å². The van der Waals surface area contributed by atoms with Crippen LogP contribution in [0.25, 0.3) is 6.08 Å². The van der Waals surface area contributed by atoms with Crippen molar-refractivity contribution in [2.75, 3.05) is 5.75 Å². The summed E-state index contributed by atoms with van der Waals surface area (Å²) in [5.74, 6) is 1.43. The second kappa shape index (κ2) is 11.1. The Bertz CT molecular complexity index is 957. The third-order valence-electron chi connectivity index (χ3n) is 3.18. The van der Waals surface area contributed by atoms with Crippen molar-refractivity contribution in [1.29, 1.82) is 0 Å². The van der Waals surface area contributed by atoms with Gasteiger partial charge in [-0.2, -0.15) is 5.10 Å². The molecule has 0 saturated carbocycles. The molecule has 0 bridgehead atoms. The number of hydrazone groups is 1. The maximum atomic E-state index is 11.8. The highest BCUT2D eigenvalue weighted by molar-refractivity contribution is 8.03. The minimum absolute atomic E-state index is 0.211. The van der Waals surface area contributed by atoms with Crippen molar-refractivity contribution in [1.82, 2.24) is 15.6 Å². The number of halogens is 1. The Kier molecular flexibility index (Phi) is 8.16. The van der Waals surface area contributed by atoms with Crippen LogP contribution in [0.1, 0.15) is 11.3 Å². The van der Waals surface area contributed by atoms with Crippen molar-refractivity contribution in [3.05, 3.63) is 65.1 Å². The minimum atomic E-state index is -0.215. The lowest BCUT2D eigenvalue weighted by Gasteiger charge is -2.00. The monoisotopic (exact) mass is 450 g/mol. The lowest BCUT2D eigenvalue weighted by atomic mass is 10.2. The summed E-state index contributed by atoms with van der Waals surface area (Å²) < 4.78 is 6.71. The summed E-state index contributed by atoms with van der Waals surface area (Å²) in [6.07, 6.45) is 6.50. The fourth-order valence-corrected chi connectivity index (χ4v) is 5.00. The first-order valence-corrected chi connectivity index (χ1v) is 11.2. The zero-order valence-corrected chi connectivity index (χ0v) is 17.7. The lowest BCUT2D eigenvalue weighted by molar-refractivity contribution is -0.118. The molecule has 144 valence electrons. The molecule has 2 heterocycles. The molecule has 2 aromatic heterocycles. The van der Waals surface area contributed by atoms with Gasteiger partial charge in [-0.3, -0.25) is 4.79 Å². The molecule has 0 unspecified atom stereocenters. The van der Waals surface area contributed by atoms with Gasteiger partial charge in [-0.25, -0.2) is 5.43 Å². The number of carbonyl (C=O) groups excluding carboxylic acids is 1. The molecule has 1 N–H and O–H groups in total. The van der Waals surface area contributed by atoms with Crippen molar-refractivity contribution in [3.63, 3.8) is 0 Å². The first-order chi connectivity index (χ1) is 13.7. The number of furan rings is 1. The number of allylic oxidation sites excluding steroid dienone is 1. The van der Waals surface area contributed by atoms with E-state index in [1.54, 1.807) is 36.2 Å². The van der Waals surface area contributed by atoms with Crippen LogP contribution in [0.2, 0.25) is 5.02 Å². The van der Waals surface area contributed by atoms with Gasteiger partial charge >= 0.3 is 0 Å². The molecule has 0 spiro atoms. The molecule has 10 heteroatoms. The Hall–Kier alpha value is -2.07. The van der Waals surface area contributed by atoms with Gasteiger partial charge in [-0.1, -0.05) is 64.7 Å². The number of thioether (sulfide) groups is 2. The number of hydrogen-bond acceptors (Lipinski definition) is 8. The number of rotatable bonds is 9. The van der Waals surface area contributed by atoms with Crippen molar-refractivity contribution in [3.8, 4) is 0 Å². The normalized spacial score (nSPS) is 11.5. The van der Waals surface area contributed by atoms with Gasteiger partial charge in [0.1, 0.15) is 5.76 Å². The van der Waals surface area contributed by atoms with Gasteiger partial charge in [0.25, 0.3) is 5.91 Å². The van der Waals surface area contributed by atoms with Crippen molar-refractivity contribution in [2.24, 2.45) is 5.10 Å². The average molecular weight is 451 g/mol. The van der Waals surface area contributed by atoms with E-state index in [1.807, 2.05) is 30.3 Å². The summed E-state index contributed by atoms with van der Waals surface area (Å²) in [6, 6.07) is 11.3. The van der Waals surface area contributed by atoms with E-state index in [1.165, 1.54) is 29.3 Å². The smallest absolute Gasteiger partial charge is 0.250 e. The van der Waals surface area contributed by atoms with Crippen molar-refractivity contribution >= 4 is 64.7 Å². The molecule has 0 saturated heterocycles. The Morgan fingerprint density at radius 1 is 1.21 bits per heavy atom. The van der Waals surface area contributed by atoms with Crippen LogP contribution < -0.4 is 5.43 Å². The van der Waals surface area contributed by atoms with Crippen LogP contribution in [0.3, 0.4) is 0 Å². The van der Waals surface area contributed by atoms with Gasteiger partial charge in [-0.15, -0.1) is 10.2 Å². The Morgan fingerprint density at radius 3 is 2.82 bits per heavy atom. The van der Waals surface area contributed by atoms with Gasteiger partial charge < -0.3 is 4.42 Å². The number of carbonyl (C=O) groups is 1. The molecule has 0 aliphatic carbocycles. The van der Waals surface area contributed by atoms with Crippen LogP contribution in [-0.4, -0.2) is 28.1 Å². The molecule has 0 fully saturated rings. The van der Waals surface area contributed by atoms with Crippen LogP contribution in [0.4, 0.5) is 0 Å². The van der Waals surface area contributed by atoms with Gasteiger partial charge in [0.15, 0.2) is 8.68 Å². The average Bonchev–Trinajstić information content (AvgIpc) is 3.37. The van der Waals surface area contributed by atoms with Crippen LogP contribution in [0, 0.1) is 0 Å². The number of aromatic nitrogens is 2. The third-order valence-corrected chi connectivity index (χ3v) is 6.78. The predicted octanol–water partition coefficient (Wildman–Crippen LogP) is 4.98. The maximum Gasteiger partial charge on any atom is 0.250 e. The molecule has 1 aromatic carbocycles. The van der Waals surface area contributed by atoms with Crippen molar-refractivity contribution in [2.45, 2.75) is 14.4 Å². The fourth-order valence-electron chi connectivity index (χ4n) is 1.90. The number of hydrogen-bond donors (Lipinski definition) is 1. The minimum Gasteiger partial charge on any atom is -0.465 e. The summed E-state index contributed by atoms with van der Waals surface area (Å²) in [6.45, 7) is 0. The highest BCUT2D eigenvalue weighted by atomic mass is 35.5. The number of benzene rings is 1. The Labute approximate surface area is 179 Å². The highest BCUT2D eigenvalue weighted by Gasteiger charge is 2.09. The van der Waals surface area contributed by atoms with E-state index in [0.717, 1.165) is 25.0 Å².